The Morgan fingerprint density at radius 3 is 2.44 bits per heavy atom. The van der Waals surface area contributed by atoms with Gasteiger partial charge in [0.15, 0.2) is 0 Å². The van der Waals surface area contributed by atoms with E-state index in [4.69, 9.17) is 12.2 Å². The molecule has 94 valence electrons. The Labute approximate surface area is 106 Å². The van der Waals surface area contributed by atoms with Gasteiger partial charge in [-0.25, -0.2) is 0 Å². The van der Waals surface area contributed by atoms with Crippen LogP contribution in [0, 0.1) is 0 Å². The van der Waals surface area contributed by atoms with Crippen molar-refractivity contribution in [1.82, 2.24) is 10.2 Å². The summed E-state index contributed by atoms with van der Waals surface area (Å²) < 4.78 is 0. The molecule has 0 spiro atoms. The summed E-state index contributed by atoms with van der Waals surface area (Å²) in [7, 11) is 0. The zero-order valence-electron chi connectivity index (χ0n) is 11.3. The molecule has 1 unspecified atom stereocenters. The Bertz CT molecular complexity index is 243. The molecule has 0 aromatic rings. The minimum Gasteiger partial charge on any atom is -0.309 e. The predicted octanol–water partition coefficient (Wildman–Crippen LogP) is 2.62. The molecule has 0 aromatic carbocycles. The predicted molar refractivity (Wildman–Crippen MR) is 75.2 cm³/mol. The minimum absolute atomic E-state index is 0.257. The van der Waals surface area contributed by atoms with E-state index in [-0.39, 0.29) is 5.54 Å². The molecular formula is C13H26N2S. The maximum Gasteiger partial charge on any atom is 0.0272 e. The number of hydrogen-bond donors (Lipinski definition) is 1. The van der Waals surface area contributed by atoms with Crippen molar-refractivity contribution in [3.05, 3.63) is 0 Å². The fraction of sp³-hybridized carbons (Fsp3) is 0.923. The zero-order chi connectivity index (χ0) is 12.3. The second-order valence-electron chi connectivity index (χ2n) is 6.07. The molecule has 0 aromatic heterocycles. The minimum atomic E-state index is 0.257. The van der Waals surface area contributed by atoms with E-state index in [1.165, 1.54) is 11.3 Å². The van der Waals surface area contributed by atoms with E-state index in [2.05, 4.69) is 44.8 Å². The van der Waals surface area contributed by atoms with Gasteiger partial charge in [-0.05, 0) is 47.5 Å². The van der Waals surface area contributed by atoms with Crippen molar-refractivity contribution in [1.29, 1.82) is 0 Å². The monoisotopic (exact) mass is 242 g/mol. The maximum atomic E-state index is 5.22. The van der Waals surface area contributed by atoms with E-state index in [9.17, 15) is 0 Å². The normalized spacial score (nSPS) is 22.4. The van der Waals surface area contributed by atoms with Crippen LogP contribution >= 0.6 is 12.2 Å². The van der Waals surface area contributed by atoms with Gasteiger partial charge < -0.3 is 5.32 Å². The van der Waals surface area contributed by atoms with Crippen molar-refractivity contribution >= 4 is 17.1 Å². The van der Waals surface area contributed by atoms with Gasteiger partial charge >= 0.3 is 0 Å². The molecule has 0 saturated carbocycles. The fourth-order valence-corrected chi connectivity index (χ4v) is 2.83. The lowest BCUT2D eigenvalue weighted by atomic mass is 10.0. The first-order valence-corrected chi connectivity index (χ1v) is 6.73. The highest BCUT2D eigenvalue weighted by molar-refractivity contribution is 7.80. The molecule has 2 nitrogen and oxygen atoms in total. The van der Waals surface area contributed by atoms with Crippen molar-refractivity contribution in [3.63, 3.8) is 0 Å². The van der Waals surface area contributed by atoms with E-state index in [1.54, 1.807) is 0 Å². The van der Waals surface area contributed by atoms with Gasteiger partial charge in [-0.15, -0.1) is 0 Å². The Balaban J connectivity index is 2.42. The average Bonchev–Trinajstić information content (AvgIpc) is 2.48. The summed E-state index contributed by atoms with van der Waals surface area (Å²) >= 11 is 5.22. The van der Waals surface area contributed by atoms with Gasteiger partial charge in [0.25, 0.3) is 0 Å². The Hall–Kier alpha value is 0.01000. The lowest BCUT2D eigenvalue weighted by molar-refractivity contribution is 0.0944. The number of thiocarbonyl (C=S) groups is 1. The van der Waals surface area contributed by atoms with E-state index in [0.717, 1.165) is 19.5 Å². The quantitative estimate of drug-likeness (QED) is 0.763. The molecule has 1 aliphatic rings. The van der Waals surface area contributed by atoms with Gasteiger partial charge in [-0.2, -0.15) is 0 Å². The summed E-state index contributed by atoms with van der Waals surface area (Å²) in [5, 5.41) is 3.48. The topological polar surface area (TPSA) is 15.3 Å². The summed E-state index contributed by atoms with van der Waals surface area (Å²) in [6, 6.07) is 1.21. The van der Waals surface area contributed by atoms with Gasteiger partial charge in [0.05, 0.1) is 0 Å². The number of nitrogens with zero attached hydrogens (tertiary/aromatic N) is 1. The van der Waals surface area contributed by atoms with Crippen LogP contribution in [0.1, 0.15) is 47.5 Å². The SMILES string of the molecule is CC(C)N(CCC1CC(=S)CN1)C(C)(C)C. The average molecular weight is 242 g/mol. The molecular weight excluding hydrogens is 216 g/mol. The van der Waals surface area contributed by atoms with Crippen LogP contribution in [0.5, 0.6) is 0 Å². The van der Waals surface area contributed by atoms with Gasteiger partial charge in [-0.3, -0.25) is 4.90 Å². The molecule has 0 radical (unpaired) electrons. The van der Waals surface area contributed by atoms with Crippen molar-refractivity contribution in [3.8, 4) is 0 Å². The Morgan fingerprint density at radius 2 is 2.06 bits per heavy atom. The van der Waals surface area contributed by atoms with Crippen LogP contribution in [-0.4, -0.2) is 40.5 Å². The molecule has 0 amide bonds. The highest BCUT2D eigenvalue weighted by atomic mass is 32.1. The van der Waals surface area contributed by atoms with Crippen LogP contribution < -0.4 is 5.32 Å². The van der Waals surface area contributed by atoms with Crippen LogP contribution in [0.25, 0.3) is 0 Å². The summed E-state index contributed by atoms with van der Waals surface area (Å²) in [5.74, 6) is 0. The van der Waals surface area contributed by atoms with Gasteiger partial charge in [0.2, 0.25) is 0 Å². The lowest BCUT2D eigenvalue weighted by Gasteiger charge is -2.39. The van der Waals surface area contributed by atoms with Crippen molar-refractivity contribution in [2.45, 2.75) is 65.1 Å². The van der Waals surface area contributed by atoms with Crippen molar-refractivity contribution in [2.24, 2.45) is 0 Å². The molecule has 0 bridgehead atoms. The third kappa shape index (κ3) is 4.11. The van der Waals surface area contributed by atoms with E-state index < -0.39 is 0 Å². The molecule has 1 atom stereocenters. The third-order valence-corrected chi connectivity index (χ3v) is 3.58. The van der Waals surface area contributed by atoms with Crippen LogP contribution in [-0.2, 0) is 0 Å². The van der Waals surface area contributed by atoms with Gasteiger partial charge in [0.1, 0.15) is 0 Å². The standard InChI is InChI=1S/C13H26N2S/c1-10(2)15(13(3,4)5)7-6-11-8-12(16)9-14-11/h10-11,14H,6-9H2,1-5H3. The summed E-state index contributed by atoms with van der Waals surface area (Å²) in [4.78, 5) is 3.76. The molecule has 1 N–H and O–H groups in total. The largest absolute Gasteiger partial charge is 0.309 e. The van der Waals surface area contributed by atoms with Crippen LogP contribution in [0.15, 0.2) is 0 Å². The molecule has 1 rings (SSSR count). The van der Waals surface area contributed by atoms with Gasteiger partial charge in [-0.1, -0.05) is 12.2 Å². The Morgan fingerprint density at radius 1 is 1.44 bits per heavy atom. The number of rotatable bonds is 4. The highest BCUT2D eigenvalue weighted by Gasteiger charge is 2.26. The van der Waals surface area contributed by atoms with Crippen LogP contribution in [0.2, 0.25) is 0 Å². The van der Waals surface area contributed by atoms with Crippen LogP contribution in [0.3, 0.4) is 0 Å². The van der Waals surface area contributed by atoms with E-state index in [1.807, 2.05) is 0 Å². The highest BCUT2D eigenvalue weighted by Crippen LogP contribution is 2.19. The van der Waals surface area contributed by atoms with Crippen LogP contribution in [0.4, 0.5) is 0 Å². The maximum absolute atomic E-state index is 5.22. The van der Waals surface area contributed by atoms with Gasteiger partial charge in [0, 0.05) is 35.6 Å². The first kappa shape index (κ1) is 14.1. The first-order chi connectivity index (χ1) is 7.30. The number of hydrogen-bond acceptors (Lipinski definition) is 3. The number of nitrogens with one attached hydrogen (secondary N) is 1. The van der Waals surface area contributed by atoms with E-state index >= 15 is 0 Å². The molecule has 1 heterocycles. The molecule has 3 heteroatoms. The molecule has 1 saturated heterocycles. The summed E-state index contributed by atoms with van der Waals surface area (Å²) in [5.41, 5.74) is 0.257. The second-order valence-corrected chi connectivity index (χ2v) is 6.64. The zero-order valence-corrected chi connectivity index (χ0v) is 12.2. The Kier molecular flexibility index (Phi) is 4.89. The van der Waals surface area contributed by atoms with E-state index in [0.29, 0.717) is 12.1 Å². The van der Waals surface area contributed by atoms with Crippen molar-refractivity contribution < 1.29 is 0 Å². The first-order valence-electron chi connectivity index (χ1n) is 6.32. The molecule has 1 fully saturated rings. The lowest BCUT2D eigenvalue weighted by Crippen LogP contribution is -2.47. The van der Waals surface area contributed by atoms with Crippen molar-refractivity contribution in [2.75, 3.05) is 13.1 Å². The second kappa shape index (κ2) is 5.56. The molecule has 16 heavy (non-hydrogen) atoms. The summed E-state index contributed by atoms with van der Waals surface area (Å²) in [6.07, 6.45) is 2.29. The third-order valence-electron chi connectivity index (χ3n) is 3.27. The summed E-state index contributed by atoms with van der Waals surface area (Å²) in [6.45, 7) is 13.5. The fourth-order valence-electron chi connectivity index (χ4n) is 2.54. The molecule has 1 aliphatic heterocycles. The smallest absolute Gasteiger partial charge is 0.0272 e. The molecule has 0 aliphatic carbocycles.